The van der Waals surface area contributed by atoms with Crippen molar-refractivity contribution < 1.29 is 18.4 Å². The number of piperazine rings is 1. The van der Waals surface area contributed by atoms with Crippen molar-refractivity contribution in [3.8, 4) is 0 Å². The number of aromatic nitrogens is 1. The highest BCUT2D eigenvalue weighted by Crippen LogP contribution is 2.29. The first kappa shape index (κ1) is 20.0. The molecule has 0 radical (unpaired) electrons. The standard InChI is InChI=1S/C19H25F2N3O2S/c20-19(21)27-17-15(6-3-9-22-17)18(26)24-12-10-23(11-13-24)16(25)8-7-14-4-1-2-5-14/h3,6,9,14,19H,1-2,4-5,7-8,10-13H2. The van der Waals surface area contributed by atoms with Crippen molar-refractivity contribution in [3.63, 3.8) is 0 Å². The fraction of sp³-hybridized carbons (Fsp3) is 0.632. The van der Waals surface area contributed by atoms with Gasteiger partial charge in [0.2, 0.25) is 5.91 Å². The van der Waals surface area contributed by atoms with E-state index in [-0.39, 0.29) is 34.2 Å². The lowest BCUT2D eigenvalue weighted by atomic mass is 10.0. The first-order valence-corrected chi connectivity index (χ1v) is 10.4. The highest BCUT2D eigenvalue weighted by molar-refractivity contribution is 7.99. The number of nitrogens with zero attached hydrogens (tertiary/aromatic N) is 3. The van der Waals surface area contributed by atoms with E-state index >= 15 is 0 Å². The molecule has 2 aliphatic rings. The zero-order chi connectivity index (χ0) is 19.2. The topological polar surface area (TPSA) is 53.5 Å². The van der Waals surface area contributed by atoms with Crippen LogP contribution in [0.4, 0.5) is 8.78 Å². The van der Waals surface area contributed by atoms with Crippen molar-refractivity contribution in [3.05, 3.63) is 23.9 Å². The summed E-state index contributed by atoms with van der Waals surface area (Å²) in [6.45, 7) is 1.82. The second kappa shape index (κ2) is 9.48. The zero-order valence-electron chi connectivity index (χ0n) is 15.3. The zero-order valence-corrected chi connectivity index (χ0v) is 16.1. The van der Waals surface area contributed by atoms with Crippen LogP contribution < -0.4 is 0 Å². The summed E-state index contributed by atoms with van der Waals surface area (Å²) in [4.78, 5) is 32.5. The summed E-state index contributed by atoms with van der Waals surface area (Å²) in [5, 5.41) is 0.0487. The van der Waals surface area contributed by atoms with Gasteiger partial charge in [0, 0.05) is 38.8 Å². The Morgan fingerprint density at radius 1 is 1.15 bits per heavy atom. The lowest BCUT2D eigenvalue weighted by Crippen LogP contribution is -2.50. The lowest BCUT2D eigenvalue weighted by Gasteiger charge is -2.35. The van der Waals surface area contributed by atoms with E-state index in [1.165, 1.54) is 37.9 Å². The summed E-state index contributed by atoms with van der Waals surface area (Å²) in [5.74, 6) is -2.08. The number of hydrogen-bond acceptors (Lipinski definition) is 4. The minimum Gasteiger partial charge on any atom is -0.339 e. The fourth-order valence-corrected chi connectivity index (χ4v) is 4.42. The molecule has 8 heteroatoms. The number of alkyl halides is 2. The van der Waals surface area contributed by atoms with E-state index < -0.39 is 5.76 Å². The Morgan fingerprint density at radius 2 is 1.81 bits per heavy atom. The van der Waals surface area contributed by atoms with Gasteiger partial charge in [-0.2, -0.15) is 8.78 Å². The van der Waals surface area contributed by atoms with Crippen molar-refractivity contribution in [2.45, 2.75) is 49.3 Å². The summed E-state index contributed by atoms with van der Waals surface area (Å²) >= 11 is 0.285. The van der Waals surface area contributed by atoms with Gasteiger partial charge in [-0.05, 0) is 36.2 Å². The van der Waals surface area contributed by atoms with Gasteiger partial charge in [0.1, 0.15) is 5.03 Å². The van der Waals surface area contributed by atoms with Crippen LogP contribution in [-0.2, 0) is 4.79 Å². The third kappa shape index (κ3) is 5.40. The van der Waals surface area contributed by atoms with Crippen LogP contribution in [0.2, 0.25) is 0 Å². The Labute approximate surface area is 162 Å². The quantitative estimate of drug-likeness (QED) is 0.688. The predicted octanol–water partition coefficient (Wildman–Crippen LogP) is 3.65. The van der Waals surface area contributed by atoms with Crippen molar-refractivity contribution in [1.29, 1.82) is 0 Å². The number of hydrogen-bond donors (Lipinski definition) is 0. The SMILES string of the molecule is O=C(CCC1CCCC1)N1CCN(C(=O)c2cccnc2SC(F)F)CC1. The molecular weight excluding hydrogens is 372 g/mol. The molecule has 1 aliphatic heterocycles. The van der Waals surface area contributed by atoms with Gasteiger partial charge in [0.05, 0.1) is 5.56 Å². The van der Waals surface area contributed by atoms with Gasteiger partial charge in [0.25, 0.3) is 11.7 Å². The van der Waals surface area contributed by atoms with E-state index in [1.54, 1.807) is 11.0 Å². The van der Waals surface area contributed by atoms with E-state index in [2.05, 4.69) is 4.98 Å². The number of rotatable bonds is 6. The van der Waals surface area contributed by atoms with Gasteiger partial charge in [-0.25, -0.2) is 4.98 Å². The van der Waals surface area contributed by atoms with Gasteiger partial charge >= 0.3 is 0 Å². The second-order valence-corrected chi connectivity index (χ2v) is 8.08. The number of pyridine rings is 1. The Bertz CT molecular complexity index is 660. The number of carbonyl (C=O) groups is 2. The summed E-state index contributed by atoms with van der Waals surface area (Å²) < 4.78 is 25.4. The number of thioether (sulfide) groups is 1. The average molecular weight is 397 g/mol. The highest BCUT2D eigenvalue weighted by atomic mass is 32.2. The van der Waals surface area contributed by atoms with Gasteiger partial charge in [-0.15, -0.1) is 0 Å². The van der Waals surface area contributed by atoms with Crippen LogP contribution in [0.1, 0.15) is 48.9 Å². The molecule has 5 nitrogen and oxygen atoms in total. The van der Waals surface area contributed by atoms with Gasteiger partial charge in [-0.3, -0.25) is 9.59 Å². The Hall–Kier alpha value is -1.70. The maximum Gasteiger partial charge on any atom is 0.290 e. The average Bonchev–Trinajstić information content (AvgIpc) is 3.19. The van der Waals surface area contributed by atoms with E-state index in [0.29, 0.717) is 38.5 Å². The van der Waals surface area contributed by atoms with Crippen molar-refractivity contribution in [2.75, 3.05) is 26.2 Å². The first-order valence-electron chi connectivity index (χ1n) is 9.51. The largest absolute Gasteiger partial charge is 0.339 e. The number of carbonyl (C=O) groups excluding carboxylic acids is 2. The molecule has 0 N–H and O–H groups in total. The molecule has 1 aliphatic carbocycles. The highest BCUT2D eigenvalue weighted by Gasteiger charge is 2.27. The Balaban J connectivity index is 1.51. The van der Waals surface area contributed by atoms with Crippen molar-refractivity contribution in [1.82, 2.24) is 14.8 Å². The normalized spacial score (nSPS) is 18.3. The minimum atomic E-state index is -2.62. The summed E-state index contributed by atoms with van der Waals surface area (Å²) in [6, 6.07) is 3.10. The summed E-state index contributed by atoms with van der Waals surface area (Å²) in [5.41, 5.74) is 0.198. The third-order valence-electron chi connectivity index (χ3n) is 5.36. The number of halogens is 2. The summed E-state index contributed by atoms with van der Waals surface area (Å²) in [6.07, 6.45) is 7.97. The molecule has 1 aromatic rings. The lowest BCUT2D eigenvalue weighted by molar-refractivity contribution is -0.133. The van der Waals surface area contributed by atoms with E-state index in [0.717, 1.165) is 6.42 Å². The van der Waals surface area contributed by atoms with Crippen LogP contribution in [0.25, 0.3) is 0 Å². The van der Waals surface area contributed by atoms with E-state index in [9.17, 15) is 18.4 Å². The van der Waals surface area contributed by atoms with E-state index in [1.807, 2.05) is 4.90 Å². The maximum absolute atomic E-state index is 12.7. The van der Waals surface area contributed by atoms with Crippen LogP contribution in [0, 0.1) is 5.92 Å². The van der Waals surface area contributed by atoms with Crippen LogP contribution in [0.5, 0.6) is 0 Å². The monoisotopic (exact) mass is 397 g/mol. The van der Waals surface area contributed by atoms with Crippen LogP contribution in [-0.4, -0.2) is 58.5 Å². The van der Waals surface area contributed by atoms with Crippen LogP contribution in [0.3, 0.4) is 0 Å². The number of amides is 2. The van der Waals surface area contributed by atoms with Gasteiger partial charge in [-0.1, -0.05) is 25.7 Å². The van der Waals surface area contributed by atoms with Crippen molar-refractivity contribution >= 4 is 23.6 Å². The molecule has 1 saturated carbocycles. The molecule has 1 saturated heterocycles. The summed E-state index contributed by atoms with van der Waals surface area (Å²) in [7, 11) is 0. The first-order chi connectivity index (χ1) is 13.0. The van der Waals surface area contributed by atoms with E-state index in [4.69, 9.17) is 0 Å². The molecule has 0 spiro atoms. The van der Waals surface area contributed by atoms with Crippen LogP contribution in [0.15, 0.2) is 23.4 Å². The van der Waals surface area contributed by atoms with Crippen molar-refractivity contribution in [2.24, 2.45) is 5.92 Å². The molecule has 2 amide bonds. The molecule has 148 valence electrons. The minimum absolute atomic E-state index is 0.0487. The third-order valence-corrected chi connectivity index (χ3v) is 6.09. The van der Waals surface area contributed by atoms with Crippen LogP contribution >= 0.6 is 11.8 Å². The van der Waals surface area contributed by atoms with Gasteiger partial charge in [0.15, 0.2) is 0 Å². The smallest absolute Gasteiger partial charge is 0.290 e. The molecule has 1 aromatic heterocycles. The molecule has 0 unspecified atom stereocenters. The molecule has 0 atom stereocenters. The molecule has 27 heavy (non-hydrogen) atoms. The maximum atomic E-state index is 12.7. The molecule has 3 rings (SSSR count). The molecule has 2 heterocycles. The Kier molecular flexibility index (Phi) is 7.04. The Morgan fingerprint density at radius 3 is 2.48 bits per heavy atom. The predicted molar refractivity (Wildman–Crippen MR) is 99.8 cm³/mol. The van der Waals surface area contributed by atoms with Gasteiger partial charge < -0.3 is 9.80 Å². The fourth-order valence-electron chi connectivity index (χ4n) is 3.85. The molecule has 2 fully saturated rings. The molecular formula is C19H25F2N3O2S. The molecule has 0 bridgehead atoms. The molecule has 0 aromatic carbocycles. The second-order valence-electron chi connectivity index (χ2n) is 7.10.